The van der Waals surface area contributed by atoms with E-state index in [-0.39, 0.29) is 18.1 Å². The number of Topliss-reactive ketones (excluding diaryl/α,β-unsaturated/α-hetero) is 1. The summed E-state index contributed by atoms with van der Waals surface area (Å²) in [5.74, 6) is -0.360. The number of rotatable bonds is 3. The number of benzene rings is 1. The summed E-state index contributed by atoms with van der Waals surface area (Å²) in [5, 5.41) is 4.53. The van der Waals surface area contributed by atoms with E-state index >= 15 is 0 Å². The van der Waals surface area contributed by atoms with Crippen LogP contribution in [0.4, 0.5) is 9.18 Å². The van der Waals surface area contributed by atoms with Crippen LogP contribution in [0.1, 0.15) is 48.1 Å². The third-order valence-corrected chi connectivity index (χ3v) is 7.00. The standard InChI is InChI=1S/C25H25FN4O3S/c1-24(2,3)33-23(32)29-9-8-17-10-20-16(12-28-30(20)19-6-4-18(26)5-7-19)11-25(17,14-29)22(31)21-13-27-15-34-21/h4-7,10,12-13,15H,8-9,11,14H2,1-3H3/t25-/m0/s1. The molecule has 1 aliphatic heterocycles. The normalized spacial score (nSPS) is 19.8. The van der Waals surface area contributed by atoms with E-state index in [0.29, 0.717) is 24.3 Å². The molecule has 2 aromatic heterocycles. The van der Waals surface area contributed by atoms with Crippen LogP contribution in [0.5, 0.6) is 0 Å². The number of ketones is 1. The quantitative estimate of drug-likeness (QED) is 0.498. The first-order chi connectivity index (χ1) is 16.2. The monoisotopic (exact) mass is 480 g/mol. The molecule has 1 amide bonds. The molecule has 1 aromatic carbocycles. The Morgan fingerprint density at radius 3 is 2.62 bits per heavy atom. The fourth-order valence-electron chi connectivity index (χ4n) is 4.68. The van der Waals surface area contributed by atoms with Crippen LogP contribution in [0.15, 0.2) is 47.7 Å². The van der Waals surface area contributed by atoms with E-state index in [0.717, 1.165) is 22.5 Å². The lowest BCUT2D eigenvalue weighted by atomic mass is 9.65. The summed E-state index contributed by atoms with van der Waals surface area (Å²) in [4.78, 5) is 33.1. The number of hydrogen-bond donors (Lipinski definition) is 0. The van der Waals surface area contributed by atoms with Crippen LogP contribution < -0.4 is 0 Å². The zero-order valence-corrected chi connectivity index (χ0v) is 20.1. The SMILES string of the molecule is CC(C)(C)OC(=O)N1CCC2=Cc3c(cnn3-c3ccc(F)cc3)C[C@]2(C(=O)c2cncs2)C1. The summed E-state index contributed by atoms with van der Waals surface area (Å²) in [7, 11) is 0. The lowest BCUT2D eigenvalue weighted by molar-refractivity contribution is 0.0139. The van der Waals surface area contributed by atoms with E-state index in [4.69, 9.17) is 4.74 Å². The minimum Gasteiger partial charge on any atom is -0.444 e. The third-order valence-electron chi connectivity index (χ3n) is 6.23. The fraction of sp³-hybridized carbons (Fsp3) is 0.360. The smallest absolute Gasteiger partial charge is 0.410 e. The van der Waals surface area contributed by atoms with E-state index in [2.05, 4.69) is 10.1 Å². The maximum Gasteiger partial charge on any atom is 0.410 e. The van der Waals surface area contributed by atoms with Gasteiger partial charge >= 0.3 is 6.09 Å². The molecule has 0 unspecified atom stereocenters. The van der Waals surface area contributed by atoms with Crippen LogP contribution >= 0.6 is 11.3 Å². The molecule has 176 valence electrons. The van der Waals surface area contributed by atoms with Crippen molar-refractivity contribution in [3.8, 4) is 5.69 Å². The fourth-order valence-corrected chi connectivity index (χ4v) is 5.34. The lowest BCUT2D eigenvalue weighted by Gasteiger charge is -2.45. The van der Waals surface area contributed by atoms with Gasteiger partial charge in [0.15, 0.2) is 5.78 Å². The van der Waals surface area contributed by atoms with Gasteiger partial charge in [-0.25, -0.2) is 13.9 Å². The lowest BCUT2D eigenvalue weighted by Crippen LogP contribution is -2.53. The van der Waals surface area contributed by atoms with Gasteiger partial charge < -0.3 is 9.64 Å². The second-order valence-corrected chi connectivity index (χ2v) is 10.6. The molecule has 0 bridgehead atoms. The molecule has 1 aliphatic carbocycles. The van der Waals surface area contributed by atoms with Gasteiger partial charge in [-0.2, -0.15) is 5.10 Å². The third kappa shape index (κ3) is 3.94. The van der Waals surface area contributed by atoms with E-state index in [1.54, 1.807) is 39.6 Å². The molecular formula is C25H25FN4O3S. The maximum absolute atomic E-state index is 13.9. The largest absolute Gasteiger partial charge is 0.444 e. The van der Waals surface area contributed by atoms with Gasteiger partial charge in [0.05, 0.1) is 33.4 Å². The van der Waals surface area contributed by atoms with Crippen molar-refractivity contribution in [1.82, 2.24) is 19.7 Å². The molecule has 0 saturated carbocycles. The molecular weight excluding hydrogens is 455 g/mol. The van der Waals surface area contributed by atoms with Crippen molar-refractivity contribution >= 4 is 29.3 Å². The number of ether oxygens (including phenoxy) is 1. The molecule has 1 fully saturated rings. The number of thiazole rings is 1. The minimum atomic E-state index is -0.911. The van der Waals surface area contributed by atoms with Crippen molar-refractivity contribution in [1.29, 1.82) is 0 Å². The summed E-state index contributed by atoms with van der Waals surface area (Å²) in [6.45, 7) is 6.17. The van der Waals surface area contributed by atoms with Gasteiger partial charge in [-0.1, -0.05) is 5.57 Å². The Kier molecular flexibility index (Phi) is 5.39. The van der Waals surface area contributed by atoms with Crippen LogP contribution in [0, 0.1) is 11.2 Å². The Balaban J connectivity index is 1.55. The molecule has 9 heteroatoms. The number of piperidine rings is 1. The van der Waals surface area contributed by atoms with Gasteiger partial charge in [0, 0.05) is 19.3 Å². The van der Waals surface area contributed by atoms with Crippen LogP contribution in [0.25, 0.3) is 11.8 Å². The first kappa shape index (κ1) is 22.5. The second kappa shape index (κ2) is 8.16. The van der Waals surface area contributed by atoms with Gasteiger partial charge in [-0.15, -0.1) is 11.3 Å². The number of aromatic nitrogens is 3. The van der Waals surface area contributed by atoms with E-state index < -0.39 is 17.1 Å². The summed E-state index contributed by atoms with van der Waals surface area (Å²) in [5.41, 5.74) is 3.58. The molecule has 0 spiro atoms. The molecule has 0 radical (unpaired) electrons. The summed E-state index contributed by atoms with van der Waals surface area (Å²) in [6, 6.07) is 6.15. The summed E-state index contributed by atoms with van der Waals surface area (Å²) < 4.78 is 20.8. The van der Waals surface area contributed by atoms with Crippen LogP contribution in [-0.4, -0.2) is 50.2 Å². The summed E-state index contributed by atoms with van der Waals surface area (Å²) >= 11 is 1.30. The zero-order valence-electron chi connectivity index (χ0n) is 19.2. The van der Waals surface area contributed by atoms with Crippen molar-refractivity contribution < 1.29 is 18.7 Å². The van der Waals surface area contributed by atoms with E-state index in [1.807, 2.05) is 26.8 Å². The number of hydrogen-bond acceptors (Lipinski definition) is 6. The molecule has 3 aromatic rings. The van der Waals surface area contributed by atoms with Crippen molar-refractivity contribution in [2.45, 2.75) is 39.2 Å². The molecule has 5 rings (SSSR count). The number of nitrogens with zero attached hydrogens (tertiary/aromatic N) is 4. The Bertz CT molecular complexity index is 1270. The Labute approximate surface area is 200 Å². The summed E-state index contributed by atoms with van der Waals surface area (Å²) in [6.07, 6.45) is 5.88. The predicted molar refractivity (Wildman–Crippen MR) is 127 cm³/mol. The van der Waals surface area contributed by atoms with E-state index in [9.17, 15) is 14.0 Å². The Morgan fingerprint density at radius 2 is 1.94 bits per heavy atom. The maximum atomic E-state index is 13.9. The molecule has 34 heavy (non-hydrogen) atoms. The van der Waals surface area contributed by atoms with Gasteiger partial charge in [0.2, 0.25) is 0 Å². The topological polar surface area (TPSA) is 77.3 Å². The molecule has 1 saturated heterocycles. The van der Waals surface area contributed by atoms with Gasteiger partial charge in [0.1, 0.15) is 11.4 Å². The highest BCUT2D eigenvalue weighted by Gasteiger charge is 2.50. The number of halogens is 1. The number of fused-ring (bicyclic) bond motifs is 2. The van der Waals surface area contributed by atoms with Crippen molar-refractivity contribution in [2.75, 3.05) is 13.1 Å². The molecule has 3 heterocycles. The average Bonchev–Trinajstić information content (AvgIpc) is 3.46. The number of likely N-dealkylation sites (tertiary alicyclic amines) is 1. The molecule has 0 N–H and O–H groups in total. The molecule has 1 atom stereocenters. The highest BCUT2D eigenvalue weighted by Crippen LogP contribution is 2.47. The number of carbonyl (C=O) groups is 2. The Hall–Kier alpha value is -3.33. The first-order valence-corrected chi connectivity index (χ1v) is 12.0. The van der Waals surface area contributed by atoms with Crippen LogP contribution in [0.3, 0.4) is 0 Å². The van der Waals surface area contributed by atoms with E-state index in [1.165, 1.54) is 23.5 Å². The van der Waals surface area contributed by atoms with Crippen molar-refractivity contribution in [3.63, 3.8) is 0 Å². The highest BCUT2D eigenvalue weighted by molar-refractivity contribution is 7.11. The van der Waals surface area contributed by atoms with Crippen LogP contribution in [-0.2, 0) is 11.2 Å². The Morgan fingerprint density at radius 1 is 1.18 bits per heavy atom. The first-order valence-electron chi connectivity index (χ1n) is 11.1. The predicted octanol–water partition coefficient (Wildman–Crippen LogP) is 4.92. The van der Waals surface area contributed by atoms with Crippen LogP contribution in [0.2, 0.25) is 0 Å². The van der Waals surface area contributed by atoms with Gasteiger partial charge in [-0.3, -0.25) is 9.78 Å². The second-order valence-electron chi connectivity index (χ2n) is 9.72. The van der Waals surface area contributed by atoms with Gasteiger partial charge in [0.25, 0.3) is 0 Å². The molecule has 2 aliphatic rings. The molecule has 7 nitrogen and oxygen atoms in total. The highest BCUT2D eigenvalue weighted by atomic mass is 32.1. The minimum absolute atomic E-state index is 0.0466. The average molecular weight is 481 g/mol. The van der Waals surface area contributed by atoms with Crippen molar-refractivity contribution in [2.24, 2.45) is 5.41 Å². The van der Waals surface area contributed by atoms with Crippen molar-refractivity contribution in [3.05, 3.63) is 69.7 Å². The zero-order chi connectivity index (χ0) is 24.1. The number of amides is 1. The number of carbonyl (C=O) groups excluding carboxylic acids is 2. The van der Waals surface area contributed by atoms with Gasteiger partial charge in [-0.05, 0) is 69.5 Å².